The SMILES string of the molecule is O=C(O)c1cnc([N+](=O)[O-])c([O-])c1. The number of nitrogens with zero attached hydrogens (tertiary/aromatic N) is 2. The van der Waals surface area contributed by atoms with Crippen LogP contribution < -0.4 is 5.11 Å². The number of hydrogen-bond donors (Lipinski definition) is 1. The van der Waals surface area contributed by atoms with Crippen LogP contribution in [0.5, 0.6) is 5.75 Å². The molecule has 13 heavy (non-hydrogen) atoms. The number of carbonyl (C=O) groups is 1. The van der Waals surface area contributed by atoms with Crippen molar-refractivity contribution in [2.45, 2.75) is 0 Å². The van der Waals surface area contributed by atoms with E-state index in [9.17, 15) is 20.0 Å². The monoisotopic (exact) mass is 183 g/mol. The lowest BCUT2D eigenvalue weighted by atomic mass is 10.3. The average Bonchev–Trinajstić information content (AvgIpc) is 2.03. The van der Waals surface area contributed by atoms with Crippen molar-refractivity contribution < 1.29 is 19.9 Å². The molecule has 1 N–H and O–H groups in total. The Labute approximate surface area is 71.4 Å². The number of hydrogen-bond acceptors (Lipinski definition) is 5. The van der Waals surface area contributed by atoms with Crippen molar-refractivity contribution in [3.05, 3.63) is 27.9 Å². The molecule has 0 saturated heterocycles. The van der Waals surface area contributed by atoms with Crippen LogP contribution >= 0.6 is 0 Å². The lowest BCUT2D eigenvalue weighted by Crippen LogP contribution is -2.04. The molecule has 0 unspecified atom stereocenters. The molecule has 1 aromatic rings. The zero-order chi connectivity index (χ0) is 10.0. The van der Waals surface area contributed by atoms with Gasteiger partial charge in [0.1, 0.15) is 5.56 Å². The molecule has 0 saturated carbocycles. The van der Waals surface area contributed by atoms with Gasteiger partial charge >= 0.3 is 11.8 Å². The first-order valence-electron chi connectivity index (χ1n) is 3.07. The minimum Gasteiger partial charge on any atom is -0.867 e. The van der Waals surface area contributed by atoms with Crippen molar-refractivity contribution in [2.75, 3.05) is 0 Å². The lowest BCUT2D eigenvalue weighted by molar-refractivity contribution is -0.402. The van der Waals surface area contributed by atoms with Crippen LogP contribution in [-0.2, 0) is 0 Å². The van der Waals surface area contributed by atoms with E-state index < -0.39 is 22.5 Å². The van der Waals surface area contributed by atoms with Gasteiger partial charge in [0.15, 0.2) is 6.20 Å². The van der Waals surface area contributed by atoms with Gasteiger partial charge in [-0.2, -0.15) is 0 Å². The van der Waals surface area contributed by atoms with E-state index >= 15 is 0 Å². The summed E-state index contributed by atoms with van der Waals surface area (Å²) < 4.78 is 0. The number of aromatic nitrogens is 1. The van der Waals surface area contributed by atoms with E-state index in [1.807, 2.05) is 0 Å². The van der Waals surface area contributed by atoms with Crippen molar-refractivity contribution in [1.82, 2.24) is 4.98 Å². The van der Waals surface area contributed by atoms with Gasteiger partial charge in [0.05, 0.1) is 0 Å². The van der Waals surface area contributed by atoms with Crippen LogP contribution in [0.1, 0.15) is 10.4 Å². The first-order valence-corrected chi connectivity index (χ1v) is 3.07. The van der Waals surface area contributed by atoms with E-state index in [1.54, 1.807) is 0 Å². The Balaban J connectivity index is 3.20. The average molecular weight is 183 g/mol. The second-order valence-corrected chi connectivity index (χ2v) is 2.11. The zero-order valence-corrected chi connectivity index (χ0v) is 6.13. The molecule has 0 atom stereocenters. The van der Waals surface area contributed by atoms with Gasteiger partial charge in [0, 0.05) is 0 Å². The van der Waals surface area contributed by atoms with Crippen molar-refractivity contribution in [3.63, 3.8) is 0 Å². The fourth-order valence-electron chi connectivity index (χ4n) is 0.691. The van der Waals surface area contributed by atoms with Crippen LogP contribution in [-0.4, -0.2) is 21.0 Å². The number of nitro groups is 1. The third-order valence-corrected chi connectivity index (χ3v) is 1.25. The number of rotatable bonds is 2. The van der Waals surface area contributed by atoms with Crippen LogP contribution in [0.3, 0.4) is 0 Å². The van der Waals surface area contributed by atoms with Gasteiger partial charge in [0.2, 0.25) is 0 Å². The summed E-state index contributed by atoms with van der Waals surface area (Å²) in [6.45, 7) is 0. The summed E-state index contributed by atoms with van der Waals surface area (Å²) >= 11 is 0. The summed E-state index contributed by atoms with van der Waals surface area (Å²) in [5, 5.41) is 29.3. The van der Waals surface area contributed by atoms with Crippen LogP contribution in [0.15, 0.2) is 12.3 Å². The molecule has 1 rings (SSSR count). The molecule has 0 bridgehead atoms. The highest BCUT2D eigenvalue weighted by Gasteiger charge is 2.12. The van der Waals surface area contributed by atoms with E-state index in [-0.39, 0.29) is 5.56 Å². The first-order chi connectivity index (χ1) is 6.02. The minimum atomic E-state index is -1.35. The molecular formula is C6H3N2O5-. The smallest absolute Gasteiger partial charge is 0.355 e. The highest BCUT2D eigenvalue weighted by Crippen LogP contribution is 2.19. The predicted molar refractivity (Wildman–Crippen MR) is 37.3 cm³/mol. The second kappa shape index (κ2) is 3.05. The molecule has 7 nitrogen and oxygen atoms in total. The van der Waals surface area contributed by atoms with Crippen molar-refractivity contribution in [3.8, 4) is 5.75 Å². The molecule has 0 aliphatic heterocycles. The molecule has 1 heterocycles. The van der Waals surface area contributed by atoms with Crippen molar-refractivity contribution in [2.24, 2.45) is 0 Å². The Kier molecular flexibility index (Phi) is 2.09. The molecule has 0 spiro atoms. The van der Waals surface area contributed by atoms with Crippen molar-refractivity contribution >= 4 is 11.8 Å². The quantitative estimate of drug-likeness (QED) is 0.499. The second-order valence-electron chi connectivity index (χ2n) is 2.11. The molecule has 0 aliphatic carbocycles. The van der Waals surface area contributed by atoms with E-state index in [0.29, 0.717) is 6.07 Å². The van der Waals surface area contributed by atoms with Gasteiger partial charge in [-0.05, 0) is 21.7 Å². The highest BCUT2D eigenvalue weighted by atomic mass is 16.6. The summed E-state index contributed by atoms with van der Waals surface area (Å²) in [6, 6.07) is 0.660. The van der Waals surface area contributed by atoms with E-state index in [0.717, 1.165) is 6.20 Å². The largest absolute Gasteiger partial charge is 0.867 e. The maximum absolute atomic E-state index is 10.8. The third-order valence-electron chi connectivity index (χ3n) is 1.25. The maximum Gasteiger partial charge on any atom is 0.355 e. The Bertz CT molecular complexity index is 375. The predicted octanol–water partition coefficient (Wildman–Crippen LogP) is -0.238. The van der Waals surface area contributed by atoms with Gasteiger partial charge in [-0.25, -0.2) is 4.79 Å². The molecule has 68 valence electrons. The molecule has 1 aromatic heterocycles. The van der Waals surface area contributed by atoms with Gasteiger partial charge in [-0.3, -0.25) is 0 Å². The van der Waals surface area contributed by atoms with Crippen LogP contribution in [0.4, 0.5) is 5.82 Å². The van der Waals surface area contributed by atoms with Gasteiger partial charge in [0.25, 0.3) is 0 Å². The van der Waals surface area contributed by atoms with Crippen molar-refractivity contribution in [1.29, 1.82) is 0 Å². The fraction of sp³-hybridized carbons (Fsp3) is 0. The summed E-state index contributed by atoms with van der Waals surface area (Å²) in [5.41, 5.74) is -0.365. The summed E-state index contributed by atoms with van der Waals surface area (Å²) in [6.07, 6.45) is 0.766. The first kappa shape index (κ1) is 8.91. The van der Waals surface area contributed by atoms with Crippen LogP contribution in [0.25, 0.3) is 0 Å². The standard InChI is InChI=1S/C6H4N2O5/c9-4-1-3(6(10)11)2-7-5(4)8(12)13/h1-2,9H,(H,10,11)/p-1. The minimum absolute atomic E-state index is 0.365. The van der Waals surface area contributed by atoms with Crippen LogP contribution in [0, 0.1) is 10.1 Å². The Morgan fingerprint density at radius 2 is 2.23 bits per heavy atom. The van der Waals surface area contributed by atoms with Gasteiger partial charge in [-0.15, -0.1) is 0 Å². The van der Waals surface area contributed by atoms with E-state index in [1.165, 1.54) is 0 Å². The topological polar surface area (TPSA) is 116 Å². The summed E-state index contributed by atoms with van der Waals surface area (Å²) in [5.74, 6) is -3.23. The summed E-state index contributed by atoms with van der Waals surface area (Å²) in [7, 11) is 0. The number of pyridine rings is 1. The molecular weight excluding hydrogens is 180 g/mol. The van der Waals surface area contributed by atoms with Gasteiger partial charge < -0.3 is 20.3 Å². The molecule has 0 fully saturated rings. The van der Waals surface area contributed by atoms with E-state index in [4.69, 9.17) is 5.11 Å². The molecule has 7 heteroatoms. The number of aromatic carboxylic acids is 1. The Morgan fingerprint density at radius 1 is 1.62 bits per heavy atom. The maximum atomic E-state index is 10.8. The third kappa shape index (κ3) is 1.70. The molecule has 0 amide bonds. The summed E-state index contributed by atoms with van der Waals surface area (Å²) in [4.78, 5) is 22.5. The Hall–Kier alpha value is -2.18. The molecule has 0 aromatic carbocycles. The normalized spacial score (nSPS) is 9.54. The van der Waals surface area contributed by atoms with E-state index in [2.05, 4.69) is 4.98 Å². The highest BCUT2D eigenvalue weighted by molar-refractivity contribution is 5.87. The number of carboxylic acids is 1. The number of carboxylic acid groups (broad SMARTS) is 1. The lowest BCUT2D eigenvalue weighted by Gasteiger charge is -2.04. The fourth-order valence-corrected chi connectivity index (χ4v) is 0.691. The molecule has 0 radical (unpaired) electrons. The zero-order valence-electron chi connectivity index (χ0n) is 6.13. The van der Waals surface area contributed by atoms with Crippen LogP contribution in [0.2, 0.25) is 0 Å². The molecule has 0 aliphatic rings. The van der Waals surface area contributed by atoms with Gasteiger partial charge in [-0.1, -0.05) is 0 Å². The Morgan fingerprint density at radius 3 is 2.62 bits per heavy atom.